The number of rotatable bonds is 1. The Labute approximate surface area is 69.9 Å². The van der Waals surface area contributed by atoms with Crippen molar-refractivity contribution >= 4 is 22.8 Å². The zero-order valence-electron chi connectivity index (χ0n) is 6.42. The molecule has 1 heterocycles. The van der Waals surface area contributed by atoms with E-state index in [2.05, 4.69) is 5.32 Å². The van der Waals surface area contributed by atoms with Gasteiger partial charge in [0.1, 0.15) is 0 Å². The summed E-state index contributed by atoms with van der Waals surface area (Å²) in [4.78, 5) is 21.3. The standard InChI is InChI=1S/C7H11NO2S/c1-5(9)11-6-2-3-7(10)8-4-6/h6H,2-4H2,1H3,(H,8,10). The van der Waals surface area contributed by atoms with Crippen LogP contribution in [0.2, 0.25) is 0 Å². The first-order valence-electron chi connectivity index (χ1n) is 3.62. The summed E-state index contributed by atoms with van der Waals surface area (Å²) in [6.45, 7) is 2.20. The molecule has 1 N–H and O–H groups in total. The van der Waals surface area contributed by atoms with E-state index in [0.29, 0.717) is 18.2 Å². The van der Waals surface area contributed by atoms with Crippen molar-refractivity contribution in [1.29, 1.82) is 0 Å². The van der Waals surface area contributed by atoms with Crippen molar-refractivity contribution in [2.24, 2.45) is 0 Å². The molecule has 0 aromatic heterocycles. The summed E-state index contributed by atoms with van der Waals surface area (Å²) in [5, 5.41) is 3.15. The minimum atomic E-state index is 0.102. The minimum absolute atomic E-state index is 0.102. The molecule has 0 aliphatic carbocycles. The SMILES string of the molecule is CC(=O)SC1CCC(=O)NC1. The molecule has 1 aliphatic rings. The summed E-state index contributed by atoms with van der Waals surface area (Å²) < 4.78 is 0. The number of hydrogen-bond acceptors (Lipinski definition) is 3. The summed E-state index contributed by atoms with van der Waals surface area (Å²) in [5.74, 6) is 0.102. The van der Waals surface area contributed by atoms with Gasteiger partial charge in [-0.15, -0.1) is 0 Å². The molecule has 0 aromatic carbocycles. The van der Waals surface area contributed by atoms with Crippen LogP contribution in [0.4, 0.5) is 0 Å². The number of hydrogen-bond donors (Lipinski definition) is 1. The topological polar surface area (TPSA) is 46.2 Å². The second-order valence-electron chi connectivity index (χ2n) is 2.57. The molecule has 0 saturated carbocycles. The molecule has 1 saturated heterocycles. The van der Waals surface area contributed by atoms with E-state index in [9.17, 15) is 9.59 Å². The molecule has 1 fully saturated rings. The zero-order valence-corrected chi connectivity index (χ0v) is 7.24. The molecule has 4 heteroatoms. The van der Waals surface area contributed by atoms with Crippen molar-refractivity contribution in [3.63, 3.8) is 0 Å². The van der Waals surface area contributed by atoms with E-state index in [4.69, 9.17) is 0 Å². The smallest absolute Gasteiger partial charge is 0.220 e. The van der Waals surface area contributed by atoms with Gasteiger partial charge in [-0.25, -0.2) is 0 Å². The van der Waals surface area contributed by atoms with Crippen molar-refractivity contribution in [1.82, 2.24) is 5.32 Å². The largest absolute Gasteiger partial charge is 0.355 e. The van der Waals surface area contributed by atoms with E-state index in [1.807, 2.05) is 0 Å². The van der Waals surface area contributed by atoms with Gasteiger partial charge in [0.25, 0.3) is 0 Å². The van der Waals surface area contributed by atoms with Crippen molar-refractivity contribution in [3.05, 3.63) is 0 Å². The summed E-state index contributed by atoms with van der Waals surface area (Å²) in [7, 11) is 0. The van der Waals surface area contributed by atoms with Crippen molar-refractivity contribution in [3.8, 4) is 0 Å². The van der Waals surface area contributed by atoms with E-state index < -0.39 is 0 Å². The Morgan fingerprint density at radius 1 is 1.73 bits per heavy atom. The molecule has 1 atom stereocenters. The average Bonchev–Trinajstić information content (AvgIpc) is 1.93. The molecule has 1 unspecified atom stereocenters. The second-order valence-corrected chi connectivity index (χ2v) is 4.05. The summed E-state index contributed by atoms with van der Waals surface area (Å²) in [6, 6.07) is 0. The summed E-state index contributed by atoms with van der Waals surface area (Å²) in [5.41, 5.74) is 0. The van der Waals surface area contributed by atoms with Gasteiger partial charge in [0.05, 0.1) is 0 Å². The Balaban J connectivity index is 2.28. The lowest BCUT2D eigenvalue weighted by molar-refractivity contribution is -0.122. The highest BCUT2D eigenvalue weighted by Crippen LogP contribution is 2.18. The average molecular weight is 173 g/mol. The molecule has 62 valence electrons. The Bertz CT molecular complexity index is 171. The third-order valence-corrected chi connectivity index (χ3v) is 2.62. The van der Waals surface area contributed by atoms with Gasteiger partial charge in [0.15, 0.2) is 5.12 Å². The third kappa shape index (κ3) is 2.93. The lowest BCUT2D eigenvalue weighted by Crippen LogP contribution is -2.36. The molecule has 0 aromatic rings. The maximum atomic E-state index is 10.7. The second kappa shape index (κ2) is 3.76. The van der Waals surface area contributed by atoms with Gasteiger partial charge >= 0.3 is 0 Å². The minimum Gasteiger partial charge on any atom is -0.355 e. The van der Waals surface area contributed by atoms with Gasteiger partial charge in [0, 0.05) is 25.1 Å². The van der Waals surface area contributed by atoms with Crippen LogP contribution < -0.4 is 5.32 Å². The van der Waals surface area contributed by atoms with Gasteiger partial charge in [-0.1, -0.05) is 11.8 Å². The molecule has 3 nitrogen and oxygen atoms in total. The van der Waals surface area contributed by atoms with Crippen LogP contribution in [-0.4, -0.2) is 22.8 Å². The van der Waals surface area contributed by atoms with Crippen LogP contribution in [0.15, 0.2) is 0 Å². The molecule has 1 rings (SSSR count). The van der Waals surface area contributed by atoms with Gasteiger partial charge in [0.2, 0.25) is 5.91 Å². The fraction of sp³-hybridized carbons (Fsp3) is 0.714. The zero-order chi connectivity index (χ0) is 8.27. The van der Waals surface area contributed by atoms with Gasteiger partial charge < -0.3 is 5.32 Å². The molecule has 0 radical (unpaired) electrons. The number of carbonyl (C=O) groups is 2. The highest BCUT2D eigenvalue weighted by Gasteiger charge is 2.19. The Kier molecular flexibility index (Phi) is 2.93. The van der Waals surface area contributed by atoms with E-state index in [1.165, 1.54) is 11.8 Å². The fourth-order valence-corrected chi connectivity index (χ4v) is 1.92. The van der Waals surface area contributed by atoms with Crippen LogP contribution in [0, 0.1) is 0 Å². The summed E-state index contributed by atoms with van der Waals surface area (Å²) in [6.07, 6.45) is 1.39. The number of carbonyl (C=O) groups excluding carboxylic acids is 2. The first kappa shape index (κ1) is 8.59. The molecule has 1 amide bonds. The van der Waals surface area contributed by atoms with Crippen LogP contribution in [0.3, 0.4) is 0 Å². The van der Waals surface area contributed by atoms with Crippen LogP contribution in [0.5, 0.6) is 0 Å². The highest BCUT2D eigenvalue weighted by atomic mass is 32.2. The van der Waals surface area contributed by atoms with E-state index in [1.54, 1.807) is 6.92 Å². The fourth-order valence-electron chi connectivity index (χ4n) is 1.05. The Hall–Kier alpha value is -0.510. The van der Waals surface area contributed by atoms with Crippen molar-refractivity contribution in [2.75, 3.05) is 6.54 Å². The third-order valence-electron chi connectivity index (χ3n) is 1.55. The van der Waals surface area contributed by atoms with Gasteiger partial charge in [-0.05, 0) is 6.42 Å². The van der Waals surface area contributed by atoms with Gasteiger partial charge in [-0.3, -0.25) is 9.59 Å². The van der Waals surface area contributed by atoms with Crippen LogP contribution in [-0.2, 0) is 9.59 Å². The molecule has 1 aliphatic heterocycles. The van der Waals surface area contributed by atoms with Crippen LogP contribution >= 0.6 is 11.8 Å². The van der Waals surface area contributed by atoms with E-state index in [-0.39, 0.29) is 11.0 Å². The predicted molar refractivity (Wildman–Crippen MR) is 44.3 cm³/mol. The molecular formula is C7H11NO2S. The number of amides is 1. The monoisotopic (exact) mass is 173 g/mol. The lowest BCUT2D eigenvalue weighted by atomic mass is 10.1. The van der Waals surface area contributed by atoms with Gasteiger partial charge in [-0.2, -0.15) is 0 Å². The van der Waals surface area contributed by atoms with Crippen molar-refractivity contribution in [2.45, 2.75) is 25.0 Å². The molecule has 11 heavy (non-hydrogen) atoms. The van der Waals surface area contributed by atoms with Crippen molar-refractivity contribution < 1.29 is 9.59 Å². The first-order chi connectivity index (χ1) is 5.18. The maximum Gasteiger partial charge on any atom is 0.220 e. The number of nitrogens with one attached hydrogen (secondary N) is 1. The van der Waals surface area contributed by atoms with Crippen LogP contribution in [0.1, 0.15) is 19.8 Å². The normalized spacial score (nSPS) is 24.5. The number of piperidine rings is 1. The molecular weight excluding hydrogens is 162 g/mol. The highest BCUT2D eigenvalue weighted by molar-refractivity contribution is 8.14. The van der Waals surface area contributed by atoms with Crippen LogP contribution in [0.25, 0.3) is 0 Å². The predicted octanol–water partition coefficient (Wildman–Crippen LogP) is 0.545. The number of thioether (sulfide) groups is 1. The molecule has 0 bridgehead atoms. The van der Waals surface area contributed by atoms with E-state index >= 15 is 0 Å². The Morgan fingerprint density at radius 2 is 2.45 bits per heavy atom. The maximum absolute atomic E-state index is 10.7. The Morgan fingerprint density at radius 3 is 2.91 bits per heavy atom. The first-order valence-corrected chi connectivity index (χ1v) is 4.50. The summed E-state index contributed by atoms with van der Waals surface area (Å²) >= 11 is 1.32. The quantitative estimate of drug-likeness (QED) is 0.629. The molecule has 0 spiro atoms. The van der Waals surface area contributed by atoms with E-state index in [0.717, 1.165) is 6.42 Å². The lowest BCUT2D eigenvalue weighted by Gasteiger charge is -2.20.